The van der Waals surface area contributed by atoms with Gasteiger partial charge in [-0.15, -0.1) is 0 Å². The fourth-order valence-electron chi connectivity index (χ4n) is 2.18. The van der Waals surface area contributed by atoms with Crippen LogP contribution in [-0.2, 0) is 6.42 Å². The number of benzene rings is 1. The highest BCUT2D eigenvalue weighted by Gasteiger charge is 2.12. The predicted molar refractivity (Wildman–Crippen MR) is 73.7 cm³/mol. The summed E-state index contributed by atoms with van der Waals surface area (Å²) in [6, 6.07) is 7.32. The van der Waals surface area contributed by atoms with Gasteiger partial charge in [-0.05, 0) is 25.0 Å². The molecule has 0 radical (unpaired) electrons. The average molecular weight is 273 g/mol. The topological polar surface area (TPSA) is 98.1 Å². The highest BCUT2D eigenvalue weighted by atomic mass is 16.5. The minimum atomic E-state index is -1.03. The number of hydrogen-bond donors (Lipinski definition) is 3. The van der Waals surface area contributed by atoms with E-state index in [-0.39, 0.29) is 12.6 Å². The lowest BCUT2D eigenvalue weighted by molar-refractivity contribution is 0.190. The maximum Gasteiger partial charge on any atom is 0.404 e. The minimum absolute atomic E-state index is 0.00948. The zero-order valence-electron chi connectivity index (χ0n) is 11.0. The number of para-hydroxylation sites is 1. The molecule has 0 aliphatic rings. The summed E-state index contributed by atoms with van der Waals surface area (Å²) >= 11 is 0. The summed E-state index contributed by atoms with van der Waals surface area (Å²) in [5, 5.41) is 20.7. The van der Waals surface area contributed by atoms with Crippen LogP contribution in [0.1, 0.15) is 12.5 Å². The molecule has 20 heavy (non-hydrogen) atoms. The molecule has 1 aromatic carbocycles. The van der Waals surface area contributed by atoms with E-state index in [0.29, 0.717) is 12.2 Å². The van der Waals surface area contributed by atoms with E-state index in [0.717, 1.165) is 16.5 Å². The van der Waals surface area contributed by atoms with Crippen LogP contribution in [0.4, 0.5) is 4.79 Å². The van der Waals surface area contributed by atoms with Gasteiger partial charge in [-0.2, -0.15) is 5.26 Å². The van der Waals surface area contributed by atoms with Gasteiger partial charge >= 0.3 is 6.09 Å². The number of nitrogens with one attached hydrogen (secondary N) is 2. The number of rotatable bonds is 5. The van der Waals surface area contributed by atoms with Crippen molar-refractivity contribution in [3.63, 3.8) is 0 Å². The molecule has 1 unspecified atom stereocenters. The third-order valence-electron chi connectivity index (χ3n) is 2.95. The van der Waals surface area contributed by atoms with E-state index < -0.39 is 6.09 Å². The number of aromatic amines is 1. The molecule has 2 aromatic rings. The molecular formula is C14H15N3O3. The van der Waals surface area contributed by atoms with Crippen molar-refractivity contribution < 1.29 is 14.6 Å². The van der Waals surface area contributed by atoms with E-state index in [1.165, 1.54) is 0 Å². The van der Waals surface area contributed by atoms with Crippen LogP contribution in [-0.4, -0.2) is 28.8 Å². The molecule has 6 heteroatoms. The van der Waals surface area contributed by atoms with Gasteiger partial charge in [-0.1, -0.05) is 12.1 Å². The monoisotopic (exact) mass is 273 g/mol. The lowest BCUT2D eigenvalue weighted by atomic mass is 10.1. The number of fused-ring (bicyclic) bond motifs is 1. The Balaban J connectivity index is 2.24. The summed E-state index contributed by atoms with van der Waals surface area (Å²) in [6.07, 6.45) is 1.38. The van der Waals surface area contributed by atoms with Gasteiger partial charge in [0.25, 0.3) is 0 Å². The van der Waals surface area contributed by atoms with E-state index in [1.54, 1.807) is 6.07 Å². The number of H-pyrrole nitrogens is 1. The molecular weight excluding hydrogens is 258 g/mol. The molecule has 0 saturated carbocycles. The summed E-state index contributed by atoms with van der Waals surface area (Å²) in [5.74, 6) is 0.620. The second-order valence-corrected chi connectivity index (χ2v) is 4.49. The Morgan fingerprint density at radius 1 is 1.60 bits per heavy atom. The number of nitrogens with zero attached hydrogens (tertiary/aromatic N) is 1. The van der Waals surface area contributed by atoms with Crippen LogP contribution in [0.25, 0.3) is 10.9 Å². The number of nitriles is 1. The Bertz CT molecular complexity index is 657. The van der Waals surface area contributed by atoms with Crippen molar-refractivity contribution in [3.05, 3.63) is 30.0 Å². The number of carboxylic acid groups (broad SMARTS) is 1. The van der Waals surface area contributed by atoms with Crippen LogP contribution in [0, 0.1) is 11.3 Å². The van der Waals surface area contributed by atoms with Gasteiger partial charge in [0.15, 0.2) is 6.61 Å². The fourth-order valence-corrected chi connectivity index (χ4v) is 2.18. The average Bonchev–Trinajstić information content (AvgIpc) is 2.79. The molecule has 104 valence electrons. The smallest absolute Gasteiger partial charge is 0.404 e. The summed E-state index contributed by atoms with van der Waals surface area (Å²) in [7, 11) is 0. The minimum Gasteiger partial charge on any atom is -0.477 e. The molecule has 3 N–H and O–H groups in total. The van der Waals surface area contributed by atoms with Crippen molar-refractivity contribution in [1.82, 2.24) is 10.3 Å². The first kappa shape index (κ1) is 13.7. The van der Waals surface area contributed by atoms with Crippen molar-refractivity contribution in [3.8, 4) is 11.8 Å². The summed E-state index contributed by atoms with van der Waals surface area (Å²) < 4.78 is 5.35. The number of ether oxygens (including phenoxy) is 1. The largest absolute Gasteiger partial charge is 0.477 e. The van der Waals surface area contributed by atoms with Crippen LogP contribution in [0.2, 0.25) is 0 Å². The first-order valence-corrected chi connectivity index (χ1v) is 6.20. The summed E-state index contributed by atoms with van der Waals surface area (Å²) in [4.78, 5) is 13.7. The van der Waals surface area contributed by atoms with Gasteiger partial charge in [0, 0.05) is 17.6 Å². The van der Waals surface area contributed by atoms with Crippen molar-refractivity contribution >= 4 is 17.0 Å². The van der Waals surface area contributed by atoms with Crippen LogP contribution >= 0.6 is 0 Å². The van der Waals surface area contributed by atoms with Gasteiger partial charge in [0.2, 0.25) is 0 Å². The molecule has 0 aliphatic heterocycles. The van der Waals surface area contributed by atoms with Crippen LogP contribution < -0.4 is 10.1 Å². The zero-order chi connectivity index (χ0) is 14.5. The molecule has 0 aliphatic carbocycles. The highest BCUT2D eigenvalue weighted by Crippen LogP contribution is 2.27. The first-order chi connectivity index (χ1) is 9.61. The van der Waals surface area contributed by atoms with Crippen molar-refractivity contribution in [2.45, 2.75) is 19.4 Å². The molecule has 0 bridgehead atoms. The third-order valence-corrected chi connectivity index (χ3v) is 2.95. The quantitative estimate of drug-likeness (QED) is 0.778. The molecule has 1 aromatic heterocycles. The van der Waals surface area contributed by atoms with Crippen molar-refractivity contribution in [1.29, 1.82) is 5.26 Å². The fraction of sp³-hybridized carbons (Fsp3) is 0.286. The van der Waals surface area contributed by atoms with Gasteiger partial charge in [-0.3, -0.25) is 0 Å². The number of hydrogen-bond acceptors (Lipinski definition) is 3. The van der Waals surface area contributed by atoms with E-state index in [4.69, 9.17) is 15.1 Å². The second kappa shape index (κ2) is 5.97. The van der Waals surface area contributed by atoms with E-state index >= 15 is 0 Å². The molecule has 1 heterocycles. The van der Waals surface area contributed by atoms with Crippen molar-refractivity contribution in [2.75, 3.05) is 6.61 Å². The SMILES string of the molecule is CC(Cc1c[nH]c2c(OCC#N)cccc12)NC(=O)O. The van der Waals surface area contributed by atoms with Gasteiger partial charge in [-0.25, -0.2) is 4.79 Å². The van der Waals surface area contributed by atoms with E-state index in [1.807, 2.05) is 31.3 Å². The maximum atomic E-state index is 10.6. The Hall–Kier alpha value is -2.68. The number of aromatic nitrogens is 1. The molecule has 1 atom stereocenters. The van der Waals surface area contributed by atoms with E-state index in [9.17, 15) is 4.79 Å². The first-order valence-electron chi connectivity index (χ1n) is 6.20. The standard InChI is InChI=1S/C14H15N3O3/c1-9(17-14(18)19)7-10-8-16-13-11(10)3-2-4-12(13)20-6-5-15/h2-4,8-9,16-17H,6-7H2,1H3,(H,18,19). The van der Waals surface area contributed by atoms with Gasteiger partial charge in [0.1, 0.15) is 11.8 Å². The lowest BCUT2D eigenvalue weighted by Gasteiger charge is -2.10. The number of amides is 1. The highest BCUT2D eigenvalue weighted by molar-refractivity contribution is 5.88. The zero-order valence-corrected chi connectivity index (χ0v) is 11.0. The van der Waals surface area contributed by atoms with Crippen LogP contribution in [0.15, 0.2) is 24.4 Å². The van der Waals surface area contributed by atoms with Gasteiger partial charge < -0.3 is 20.1 Å². The molecule has 0 fully saturated rings. The normalized spacial score (nSPS) is 11.8. The third kappa shape index (κ3) is 3.01. The predicted octanol–water partition coefficient (Wildman–Crippen LogP) is 2.27. The Morgan fingerprint density at radius 3 is 3.10 bits per heavy atom. The number of carbonyl (C=O) groups is 1. The summed E-state index contributed by atoms with van der Waals surface area (Å²) in [6.45, 7) is 1.80. The summed E-state index contributed by atoms with van der Waals surface area (Å²) in [5.41, 5.74) is 1.82. The Morgan fingerprint density at radius 2 is 2.40 bits per heavy atom. The maximum absolute atomic E-state index is 10.6. The molecule has 0 spiro atoms. The van der Waals surface area contributed by atoms with Crippen LogP contribution in [0.5, 0.6) is 5.75 Å². The van der Waals surface area contributed by atoms with E-state index in [2.05, 4.69) is 10.3 Å². The molecule has 2 rings (SSSR count). The molecule has 1 amide bonds. The lowest BCUT2D eigenvalue weighted by Crippen LogP contribution is -2.32. The second-order valence-electron chi connectivity index (χ2n) is 4.49. The Kier molecular flexibility index (Phi) is 4.11. The Labute approximate surface area is 116 Å². The van der Waals surface area contributed by atoms with Crippen LogP contribution in [0.3, 0.4) is 0 Å². The molecule has 0 saturated heterocycles. The van der Waals surface area contributed by atoms with Crippen molar-refractivity contribution in [2.24, 2.45) is 0 Å². The van der Waals surface area contributed by atoms with Gasteiger partial charge in [0.05, 0.1) is 5.52 Å². The molecule has 6 nitrogen and oxygen atoms in total.